The summed E-state index contributed by atoms with van der Waals surface area (Å²) in [7, 11) is -2.92. The highest BCUT2D eigenvalue weighted by Crippen LogP contribution is 2.21. The zero-order chi connectivity index (χ0) is 22.7. The molecule has 0 fully saturated rings. The molecule has 1 aromatic heterocycles. The van der Waals surface area contributed by atoms with Gasteiger partial charge in [0.2, 0.25) is 4.80 Å². The summed E-state index contributed by atoms with van der Waals surface area (Å²) in [5.41, 5.74) is 1.03. The number of sulfonamides is 1. The first-order chi connectivity index (χ1) is 15.4. The van der Waals surface area contributed by atoms with Gasteiger partial charge < -0.3 is 9.30 Å². The highest BCUT2D eigenvalue weighted by Gasteiger charge is 2.22. The van der Waals surface area contributed by atoms with Crippen molar-refractivity contribution in [3.05, 3.63) is 93.7 Å². The highest BCUT2D eigenvalue weighted by atomic mass is 32.2. The summed E-state index contributed by atoms with van der Waals surface area (Å²) in [5.74, 6) is -0.719. The molecule has 0 saturated carbocycles. The lowest BCUT2D eigenvalue weighted by atomic mass is 10.0. The number of methoxy groups -OCH3 is 1. The van der Waals surface area contributed by atoms with Crippen molar-refractivity contribution < 1.29 is 17.9 Å². The smallest absolute Gasteiger partial charge is 0.339 e. The van der Waals surface area contributed by atoms with Crippen LogP contribution in [0.25, 0.3) is 10.8 Å². The zero-order valence-corrected chi connectivity index (χ0v) is 19.3. The number of aryl methyl sites for hydroxylation is 1. The number of carbonyl (C=O) groups excluding carboxylic acids is 1. The molecule has 0 N–H and O–H groups in total. The van der Waals surface area contributed by atoms with Crippen LogP contribution < -0.4 is 4.80 Å². The fourth-order valence-electron chi connectivity index (χ4n) is 3.52. The number of esters is 1. The van der Waals surface area contributed by atoms with Crippen LogP contribution in [0.15, 0.2) is 82.2 Å². The molecule has 0 unspecified atom stereocenters. The van der Waals surface area contributed by atoms with E-state index in [0.29, 0.717) is 11.3 Å². The van der Waals surface area contributed by atoms with Gasteiger partial charge in [-0.05, 0) is 34.9 Å². The normalized spacial score (nSPS) is 12.2. The molecule has 8 heteroatoms. The Morgan fingerprint density at radius 1 is 1.03 bits per heavy atom. The lowest BCUT2D eigenvalue weighted by Crippen LogP contribution is -2.18. The summed E-state index contributed by atoms with van der Waals surface area (Å²) in [6, 6.07) is 20.1. The molecule has 0 amide bonds. The second-order valence-corrected chi connectivity index (χ2v) is 9.82. The summed E-state index contributed by atoms with van der Waals surface area (Å²) < 4.78 is 37.1. The maximum atomic E-state index is 13.2. The van der Waals surface area contributed by atoms with E-state index in [-0.39, 0.29) is 10.5 Å². The summed E-state index contributed by atoms with van der Waals surface area (Å²) in [5, 5.41) is 2.23. The van der Waals surface area contributed by atoms with E-state index >= 15 is 0 Å². The number of ether oxygens (including phenoxy) is 1. The van der Waals surface area contributed by atoms with Gasteiger partial charge in [0, 0.05) is 11.1 Å². The van der Waals surface area contributed by atoms with E-state index < -0.39 is 16.0 Å². The molecule has 0 aliphatic rings. The van der Waals surface area contributed by atoms with Gasteiger partial charge >= 0.3 is 5.97 Å². The van der Waals surface area contributed by atoms with Crippen LogP contribution in [0.5, 0.6) is 0 Å². The predicted molar refractivity (Wildman–Crippen MR) is 125 cm³/mol. The van der Waals surface area contributed by atoms with Gasteiger partial charge in [0.15, 0.2) is 0 Å². The second kappa shape index (κ2) is 9.10. The lowest BCUT2D eigenvalue weighted by molar-refractivity contribution is 0.0596. The fourth-order valence-corrected chi connectivity index (χ4v) is 5.84. The number of hydrogen-bond acceptors (Lipinski definition) is 5. The fraction of sp³-hybridized carbons (Fsp3) is 0.167. The van der Waals surface area contributed by atoms with Gasteiger partial charge in [-0.3, -0.25) is 0 Å². The molecular weight excluding hydrogens is 444 g/mol. The van der Waals surface area contributed by atoms with Gasteiger partial charge in [-0.15, -0.1) is 15.7 Å². The van der Waals surface area contributed by atoms with Crippen molar-refractivity contribution in [2.75, 3.05) is 7.11 Å². The van der Waals surface area contributed by atoms with Gasteiger partial charge in [0.05, 0.1) is 19.2 Å². The molecule has 0 radical (unpaired) electrons. The van der Waals surface area contributed by atoms with E-state index in [1.54, 1.807) is 12.1 Å². The van der Waals surface area contributed by atoms with Crippen molar-refractivity contribution in [3.63, 3.8) is 0 Å². The Kier molecular flexibility index (Phi) is 6.25. The summed E-state index contributed by atoms with van der Waals surface area (Å²) in [4.78, 5) is 13.3. The molecule has 3 aromatic carbocycles. The maximum absolute atomic E-state index is 13.2. The van der Waals surface area contributed by atoms with Crippen LogP contribution in [0.1, 0.15) is 27.7 Å². The van der Waals surface area contributed by atoms with Crippen molar-refractivity contribution >= 4 is 38.1 Å². The molecule has 1 heterocycles. The van der Waals surface area contributed by atoms with Gasteiger partial charge in [0.25, 0.3) is 10.0 Å². The maximum Gasteiger partial charge on any atom is 0.339 e. The minimum atomic E-state index is -4.14. The highest BCUT2D eigenvalue weighted by molar-refractivity contribution is 7.90. The largest absolute Gasteiger partial charge is 0.465 e. The van der Waals surface area contributed by atoms with E-state index in [0.717, 1.165) is 27.6 Å². The Morgan fingerprint density at radius 2 is 1.75 bits per heavy atom. The molecule has 4 aromatic rings. The van der Waals surface area contributed by atoms with E-state index in [1.165, 1.54) is 30.6 Å². The number of benzene rings is 3. The van der Waals surface area contributed by atoms with E-state index in [1.807, 2.05) is 54.1 Å². The first kappa shape index (κ1) is 22.0. The topological polar surface area (TPSA) is 77.7 Å². The summed E-state index contributed by atoms with van der Waals surface area (Å²) >= 11 is 1.33. The average molecular weight is 467 g/mol. The Balaban J connectivity index is 1.83. The summed E-state index contributed by atoms with van der Waals surface area (Å²) in [6.07, 6.45) is 2.70. The quantitative estimate of drug-likeness (QED) is 0.395. The van der Waals surface area contributed by atoms with Gasteiger partial charge in [0.1, 0.15) is 4.90 Å². The third kappa shape index (κ3) is 4.37. The molecule has 0 aliphatic carbocycles. The Labute approximate surface area is 190 Å². The number of thiazole rings is 1. The van der Waals surface area contributed by atoms with Gasteiger partial charge in [-0.1, -0.05) is 61.5 Å². The number of aromatic nitrogens is 1. The Morgan fingerprint density at radius 3 is 2.53 bits per heavy atom. The predicted octanol–water partition coefficient (Wildman–Crippen LogP) is 4.39. The van der Waals surface area contributed by atoms with Crippen LogP contribution in [0.2, 0.25) is 0 Å². The molecule has 6 nitrogen and oxygen atoms in total. The minimum Gasteiger partial charge on any atom is -0.465 e. The van der Waals surface area contributed by atoms with Crippen molar-refractivity contribution in [2.24, 2.45) is 4.40 Å². The number of hydrogen-bond donors (Lipinski definition) is 0. The van der Waals surface area contributed by atoms with Crippen molar-refractivity contribution in [2.45, 2.75) is 24.8 Å². The number of fused-ring (bicyclic) bond motifs is 1. The van der Waals surface area contributed by atoms with E-state index in [2.05, 4.69) is 10.5 Å². The third-order valence-corrected chi connectivity index (χ3v) is 7.71. The number of carbonyl (C=O) groups is 1. The molecule has 32 heavy (non-hydrogen) atoms. The van der Waals surface area contributed by atoms with E-state index in [4.69, 9.17) is 4.74 Å². The average Bonchev–Trinajstić information content (AvgIpc) is 3.19. The molecule has 0 bridgehead atoms. The zero-order valence-electron chi connectivity index (χ0n) is 17.7. The van der Waals surface area contributed by atoms with Crippen LogP contribution in [0.4, 0.5) is 0 Å². The van der Waals surface area contributed by atoms with Crippen molar-refractivity contribution in [3.8, 4) is 0 Å². The van der Waals surface area contributed by atoms with Crippen LogP contribution >= 0.6 is 11.3 Å². The molecular formula is C24H22N2O4S2. The first-order valence-corrected chi connectivity index (χ1v) is 12.3. The van der Waals surface area contributed by atoms with Crippen LogP contribution in [-0.2, 0) is 27.7 Å². The van der Waals surface area contributed by atoms with Gasteiger partial charge in [-0.25, -0.2) is 4.79 Å². The molecule has 0 saturated heterocycles. The summed E-state index contributed by atoms with van der Waals surface area (Å²) in [6.45, 7) is 2.49. The Bertz CT molecular complexity index is 1460. The molecule has 0 atom stereocenters. The lowest BCUT2D eigenvalue weighted by Gasteiger charge is -2.08. The molecule has 0 spiro atoms. The van der Waals surface area contributed by atoms with Crippen LogP contribution in [0, 0.1) is 0 Å². The number of nitrogens with zero attached hydrogens (tertiary/aromatic N) is 2. The molecule has 4 rings (SSSR count). The molecule has 164 valence electrons. The number of rotatable bonds is 6. The van der Waals surface area contributed by atoms with Gasteiger partial charge in [-0.2, -0.15) is 8.42 Å². The Hall–Kier alpha value is -3.23. The SMILES string of the molecule is CCc1cn(Cc2cccc3ccccc23)c(=NS(=O)(=O)c2ccccc2C(=O)OC)s1. The first-order valence-electron chi connectivity index (χ1n) is 10.1. The van der Waals surface area contributed by atoms with Crippen LogP contribution in [-0.4, -0.2) is 26.1 Å². The monoisotopic (exact) mass is 466 g/mol. The van der Waals surface area contributed by atoms with E-state index in [9.17, 15) is 13.2 Å². The van der Waals surface area contributed by atoms with Crippen molar-refractivity contribution in [1.29, 1.82) is 0 Å². The minimum absolute atomic E-state index is 0.0355. The molecule has 0 aliphatic heterocycles. The van der Waals surface area contributed by atoms with Crippen molar-refractivity contribution in [1.82, 2.24) is 4.57 Å². The second-order valence-electron chi connectivity index (χ2n) is 7.15. The van der Waals surface area contributed by atoms with Crippen LogP contribution in [0.3, 0.4) is 0 Å². The standard InChI is InChI=1S/C24H22N2O4S2/c1-3-19-16-26(15-18-11-8-10-17-9-4-5-12-20(17)18)24(31-19)25-32(28,29)22-14-7-6-13-21(22)23(27)30-2/h4-14,16H,3,15H2,1-2H3. The third-order valence-electron chi connectivity index (χ3n) is 5.11.